The number of nitrogens with one attached hydrogen (secondary N) is 2. The summed E-state index contributed by atoms with van der Waals surface area (Å²) in [6.07, 6.45) is 2.51. The van der Waals surface area contributed by atoms with Crippen LogP contribution in [0, 0.1) is 5.82 Å². The van der Waals surface area contributed by atoms with Crippen molar-refractivity contribution < 1.29 is 4.39 Å². The van der Waals surface area contributed by atoms with Crippen LogP contribution in [0.15, 0.2) is 47.6 Å². The lowest BCUT2D eigenvalue weighted by Crippen LogP contribution is -2.38. The van der Waals surface area contributed by atoms with Crippen molar-refractivity contribution in [1.82, 2.24) is 15.6 Å². The summed E-state index contributed by atoms with van der Waals surface area (Å²) in [5.74, 6) is 1.43. The lowest BCUT2D eigenvalue weighted by Gasteiger charge is -2.17. The van der Waals surface area contributed by atoms with Crippen molar-refractivity contribution in [3.05, 3.63) is 59.5 Å². The lowest BCUT2D eigenvalue weighted by atomic mass is 10.1. The van der Waals surface area contributed by atoms with E-state index >= 15 is 0 Å². The largest absolute Gasteiger partial charge is 0.362 e. The molecule has 1 aromatic heterocycles. The van der Waals surface area contributed by atoms with E-state index in [0.29, 0.717) is 19.0 Å². The number of aromatic nitrogens is 1. The van der Waals surface area contributed by atoms with Crippen molar-refractivity contribution in [3.63, 3.8) is 0 Å². The highest BCUT2D eigenvalue weighted by Gasteiger charge is 2.06. The van der Waals surface area contributed by atoms with Crippen LogP contribution < -0.4 is 15.5 Å². The van der Waals surface area contributed by atoms with Crippen LogP contribution in [0.5, 0.6) is 0 Å². The first kappa shape index (κ1) is 21.1. The SMILES string of the molecule is CN=C(NCCc1cccc(F)c1)NCc1cccnc1N(C)C.I. The molecule has 2 aromatic rings. The Kier molecular flexibility index (Phi) is 9.18. The van der Waals surface area contributed by atoms with Crippen molar-refractivity contribution in [2.45, 2.75) is 13.0 Å². The summed E-state index contributed by atoms with van der Waals surface area (Å²) >= 11 is 0. The Morgan fingerprint density at radius 1 is 1.20 bits per heavy atom. The van der Waals surface area contributed by atoms with Crippen LogP contribution in [0.3, 0.4) is 0 Å². The van der Waals surface area contributed by atoms with Gasteiger partial charge in [-0.05, 0) is 30.2 Å². The van der Waals surface area contributed by atoms with E-state index in [1.54, 1.807) is 25.4 Å². The van der Waals surface area contributed by atoms with Crippen LogP contribution >= 0.6 is 24.0 Å². The molecule has 1 heterocycles. The van der Waals surface area contributed by atoms with Crippen LogP contribution in [0.1, 0.15) is 11.1 Å². The maximum atomic E-state index is 13.2. The van der Waals surface area contributed by atoms with Crippen LogP contribution in [-0.2, 0) is 13.0 Å². The third-order valence-corrected chi connectivity index (χ3v) is 3.56. The monoisotopic (exact) mass is 457 g/mol. The molecule has 2 rings (SSSR count). The molecule has 136 valence electrons. The summed E-state index contributed by atoms with van der Waals surface area (Å²) in [5, 5.41) is 6.52. The molecule has 0 bridgehead atoms. The molecule has 0 spiro atoms. The average Bonchev–Trinajstić information content (AvgIpc) is 2.58. The molecule has 1 aromatic carbocycles. The predicted octanol–water partition coefficient (Wildman–Crippen LogP) is 2.81. The van der Waals surface area contributed by atoms with E-state index in [0.717, 1.165) is 23.4 Å². The minimum Gasteiger partial charge on any atom is -0.362 e. The first-order valence-corrected chi connectivity index (χ1v) is 7.90. The van der Waals surface area contributed by atoms with E-state index in [9.17, 15) is 4.39 Å². The molecule has 0 amide bonds. The second kappa shape index (κ2) is 10.9. The Morgan fingerprint density at radius 2 is 2.00 bits per heavy atom. The van der Waals surface area contributed by atoms with Crippen LogP contribution in [0.2, 0.25) is 0 Å². The predicted molar refractivity (Wildman–Crippen MR) is 112 cm³/mol. The average molecular weight is 457 g/mol. The van der Waals surface area contributed by atoms with Crippen molar-refractivity contribution in [2.75, 3.05) is 32.6 Å². The molecule has 0 aliphatic heterocycles. The summed E-state index contributed by atoms with van der Waals surface area (Å²) in [7, 11) is 5.67. The van der Waals surface area contributed by atoms with Crippen molar-refractivity contribution in [2.24, 2.45) is 4.99 Å². The molecule has 0 saturated heterocycles. The van der Waals surface area contributed by atoms with Gasteiger partial charge in [-0.3, -0.25) is 4.99 Å². The van der Waals surface area contributed by atoms with Crippen molar-refractivity contribution in [1.29, 1.82) is 0 Å². The van der Waals surface area contributed by atoms with Crippen LogP contribution in [-0.4, -0.2) is 38.6 Å². The molecule has 2 N–H and O–H groups in total. The van der Waals surface area contributed by atoms with Gasteiger partial charge in [0.05, 0.1) is 0 Å². The second-order valence-corrected chi connectivity index (χ2v) is 5.61. The molecule has 0 aliphatic rings. The molecular weight excluding hydrogens is 432 g/mol. The number of benzene rings is 1. The van der Waals surface area contributed by atoms with Crippen LogP contribution in [0.25, 0.3) is 0 Å². The molecular formula is C18H25FIN5. The Morgan fingerprint density at radius 3 is 2.68 bits per heavy atom. The number of hydrogen-bond acceptors (Lipinski definition) is 3. The summed E-state index contributed by atoms with van der Waals surface area (Å²) < 4.78 is 13.2. The molecule has 0 saturated carbocycles. The van der Waals surface area contributed by atoms with Gasteiger partial charge < -0.3 is 15.5 Å². The first-order chi connectivity index (χ1) is 11.6. The van der Waals surface area contributed by atoms with Crippen LogP contribution in [0.4, 0.5) is 10.2 Å². The van der Waals surface area contributed by atoms with Gasteiger partial charge in [0.2, 0.25) is 0 Å². The zero-order valence-electron chi connectivity index (χ0n) is 14.8. The number of rotatable bonds is 6. The number of pyridine rings is 1. The number of hydrogen-bond donors (Lipinski definition) is 2. The first-order valence-electron chi connectivity index (χ1n) is 7.90. The maximum absolute atomic E-state index is 13.2. The van der Waals surface area contributed by atoms with Gasteiger partial charge in [0.25, 0.3) is 0 Å². The fourth-order valence-corrected chi connectivity index (χ4v) is 2.39. The summed E-state index contributed by atoms with van der Waals surface area (Å²) in [6.45, 7) is 1.30. The van der Waals surface area contributed by atoms with E-state index in [1.165, 1.54) is 6.07 Å². The third kappa shape index (κ3) is 6.85. The normalized spacial score (nSPS) is 10.8. The number of guanidine groups is 1. The lowest BCUT2D eigenvalue weighted by molar-refractivity contribution is 0.625. The Bertz CT molecular complexity index is 691. The van der Waals surface area contributed by atoms with E-state index in [-0.39, 0.29) is 29.8 Å². The van der Waals surface area contributed by atoms with Gasteiger partial charge in [-0.2, -0.15) is 0 Å². The summed E-state index contributed by atoms with van der Waals surface area (Å²) in [5.41, 5.74) is 2.05. The smallest absolute Gasteiger partial charge is 0.191 e. The standard InChI is InChI=1S/C18H24FN5.HI/c1-20-18(22-11-9-14-6-4-8-16(19)12-14)23-13-15-7-5-10-21-17(15)24(2)3;/h4-8,10,12H,9,11,13H2,1-3H3,(H2,20,22,23);1H. The fourth-order valence-electron chi connectivity index (χ4n) is 2.39. The van der Waals surface area contributed by atoms with Gasteiger partial charge >= 0.3 is 0 Å². The van der Waals surface area contributed by atoms with E-state index in [4.69, 9.17) is 0 Å². The fraction of sp³-hybridized carbons (Fsp3) is 0.333. The van der Waals surface area contributed by atoms with Gasteiger partial charge in [-0.1, -0.05) is 18.2 Å². The molecule has 7 heteroatoms. The van der Waals surface area contributed by atoms with Gasteiger partial charge in [-0.15, -0.1) is 24.0 Å². The topological polar surface area (TPSA) is 52.6 Å². The van der Waals surface area contributed by atoms with Crippen molar-refractivity contribution >= 4 is 35.8 Å². The van der Waals surface area contributed by atoms with Gasteiger partial charge in [0, 0.05) is 46.0 Å². The summed E-state index contributed by atoms with van der Waals surface area (Å²) in [6, 6.07) is 10.6. The maximum Gasteiger partial charge on any atom is 0.191 e. The number of nitrogens with zero attached hydrogens (tertiary/aromatic N) is 3. The van der Waals surface area contributed by atoms with Gasteiger partial charge in [0.15, 0.2) is 5.96 Å². The Balaban J connectivity index is 0.00000312. The van der Waals surface area contributed by atoms with Gasteiger partial charge in [-0.25, -0.2) is 9.37 Å². The molecule has 0 radical (unpaired) electrons. The second-order valence-electron chi connectivity index (χ2n) is 5.61. The molecule has 25 heavy (non-hydrogen) atoms. The molecule has 0 aliphatic carbocycles. The molecule has 0 fully saturated rings. The highest BCUT2D eigenvalue weighted by molar-refractivity contribution is 14.0. The third-order valence-electron chi connectivity index (χ3n) is 3.56. The molecule has 5 nitrogen and oxygen atoms in total. The van der Waals surface area contributed by atoms with Crippen molar-refractivity contribution in [3.8, 4) is 0 Å². The Labute approximate surface area is 165 Å². The van der Waals surface area contributed by atoms with Gasteiger partial charge in [0.1, 0.15) is 11.6 Å². The minimum atomic E-state index is -0.206. The number of aliphatic imine (C=N–C) groups is 1. The molecule has 0 atom stereocenters. The van der Waals surface area contributed by atoms with E-state index in [1.807, 2.05) is 37.2 Å². The highest BCUT2D eigenvalue weighted by Crippen LogP contribution is 2.13. The minimum absolute atomic E-state index is 0. The highest BCUT2D eigenvalue weighted by atomic mass is 127. The Hall–Kier alpha value is -1.90. The zero-order valence-corrected chi connectivity index (χ0v) is 17.1. The number of anilines is 1. The van der Waals surface area contributed by atoms with E-state index in [2.05, 4.69) is 20.6 Å². The number of halogens is 2. The zero-order chi connectivity index (χ0) is 17.4. The van der Waals surface area contributed by atoms with E-state index < -0.39 is 0 Å². The quantitative estimate of drug-likeness (QED) is 0.398. The molecule has 0 unspecified atom stereocenters. The summed E-state index contributed by atoms with van der Waals surface area (Å²) in [4.78, 5) is 10.6.